The summed E-state index contributed by atoms with van der Waals surface area (Å²) in [6.07, 6.45) is 1.45. The molecule has 2 aliphatic heterocycles. The Morgan fingerprint density at radius 3 is 2.32 bits per heavy atom. The Balaban J connectivity index is 1.32. The lowest BCUT2D eigenvalue weighted by molar-refractivity contribution is -0.276. The number of sulfonamides is 1. The fourth-order valence-corrected chi connectivity index (χ4v) is 6.77. The first kappa shape index (κ1) is 29.8. The molecular weight excluding hydrogens is 540 g/mol. The van der Waals surface area contributed by atoms with Crippen molar-refractivity contribution in [2.75, 3.05) is 26.8 Å². The maximum Gasteiger partial charge on any atom is 0.240 e. The molecule has 220 valence electrons. The molecule has 0 amide bonds. The number of likely N-dealkylation sites (tertiary alicyclic amines) is 1. The van der Waals surface area contributed by atoms with Gasteiger partial charge in [-0.3, -0.25) is 4.90 Å². The van der Waals surface area contributed by atoms with Crippen LogP contribution in [-0.4, -0.2) is 57.4 Å². The molecule has 3 aromatic rings. The highest BCUT2D eigenvalue weighted by Crippen LogP contribution is 2.42. The summed E-state index contributed by atoms with van der Waals surface area (Å²) in [6, 6.07) is 24.4. The van der Waals surface area contributed by atoms with Crippen molar-refractivity contribution >= 4 is 10.0 Å². The molecule has 8 nitrogen and oxygen atoms in total. The number of methoxy groups -OCH3 is 1. The summed E-state index contributed by atoms with van der Waals surface area (Å²) in [5.74, 6) is 0.0988. The Morgan fingerprint density at radius 2 is 1.63 bits per heavy atom. The van der Waals surface area contributed by atoms with E-state index in [0.29, 0.717) is 12.6 Å². The van der Waals surface area contributed by atoms with Gasteiger partial charge in [0.1, 0.15) is 0 Å². The molecule has 0 spiro atoms. The second kappa shape index (κ2) is 13.6. The van der Waals surface area contributed by atoms with E-state index in [1.807, 2.05) is 48.5 Å². The van der Waals surface area contributed by atoms with Crippen LogP contribution in [0.25, 0.3) is 0 Å². The van der Waals surface area contributed by atoms with Gasteiger partial charge in [0.15, 0.2) is 6.29 Å². The van der Waals surface area contributed by atoms with Gasteiger partial charge in [-0.25, -0.2) is 13.1 Å². The average molecular weight is 581 g/mol. The second-order valence-electron chi connectivity index (χ2n) is 10.9. The van der Waals surface area contributed by atoms with Crippen molar-refractivity contribution in [3.8, 4) is 0 Å². The number of aliphatic hydroxyl groups is 1. The van der Waals surface area contributed by atoms with Crippen molar-refractivity contribution in [3.05, 3.63) is 101 Å². The van der Waals surface area contributed by atoms with Gasteiger partial charge in [0.2, 0.25) is 10.0 Å². The lowest BCUT2D eigenvalue weighted by Gasteiger charge is -2.43. The van der Waals surface area contributed by atoms with Crippen LogP contribution in [0.15, 0.2) is 83.8 Å². The SMILES string of the molecule is COCC1CCCN1CC1OC(c2ccc(CNS(=O)(=O)c3ccccc3)cc2)OC(c2ccc(CO)cc2)C1C. The quantitative estimate of drug-likeness (QED) is 0.343. The highest BCUT2D eigenvalue weighted by Gasteiger charge is 2.40. The first-order chi connectivity index (χ1) is 19.9. The number of benzene rings is 3. The molecule has 0 saturated carbocycles. The third-order valence-electron chi connectivity index (χ3n) is 8.17. The number of hydrogen-bond acceptors (Lipinski definition) is 7. The zero-order valence-electron chi connectivity index (χ0n) is 23.7. The van der Waals surface area contributed by atoms with Crippen LogP contribution < -0.4 is 4.72 Å². The van der Waals surface area contributed by atoms with E-state index in [2.05, 4.69) is 16.5 Å². The normalized spacial score (nSPS) is 25.4. The van der Waals surface area contributed by atoms with E-state index in [1.54, 1.807) is 37.4 Å². The Hall–Kier alpha value is -2.63. The Bertz CT molecular complexity index is 1350. The third kappa shape index (κ3) is 7.24. The molecule has 41 heavy (non-hydrogen) atoms. The highest BCUT2D eigenvalue weighted by atomic mass is 32.2. The summed E-state index contributed by atoms with van der Waals surface area (Å²) in [5.41, 5.74) is 3.63. The minimum atomic E-state index is -3.59. The standard InChI is InChI=1S/C32H40N2O6S/c1-23-30(20-34-18-6-7-28(34)22-38-2)39-32(40-31(23)26-14-12-25(21-35)13-15-26)27-16-10-24(11-17-27)19-33-41(36,37)29-8-4-3-5-9-29/h3-5,8-17,23,28,30-33,35H,6-7,18-22H2,1-2H3. The lowest BCUT2D eigenvalue weighted by atomic mass is 9.90. The Labute approximate surface area is 243 Å². The third-order valence-corrected chi connectivity index (χ3v) is 9.58. The van der Waals surface area contributed by atoms with Gasteiger partial charge in [-0.1, -0.05) is 73.7 Å². The summed E-state index contributed by atoms with van der Waals surface area (Å²) in [7, 11) is -1.84. The number of hydrogen-bond donors (Lipinski definition) is 2. The van der Waals surface area contributed by atoms with Gasteiger partial charge in [-0.2, -0.15) is 0 Å². The van der Waals surface area contributed by atoms with E-state index < -0.39 is 16.3 Å². The van der Waals surface area contributed by atoms with Gasteiger partial charge in [-0.05, 0) is 48.2 Å². The van der Waals surface area contributed by atoms with E-state index in [4.69, 9.17) is 14.2 Å². The topological polar surface area (TPSA) is 97.3 Å². The summed E-state index contributed by atoms with van der Waals surface area (Å²) in [5, 5.41) is 9.51. The Morgan fingerprint density at radius 1 is 0.951 bits per heavy atom. The zero-order valence-corrected chi connectivity index (χ0v) is 24.5. The molecule has 0 aromatic heterocycles. The number of rotatable bonds is 11. The summed E-state index contributed by atoms with van der Waals surface area (Å²) in [6.45, 7) is 4.88. The van der Waals surface area contributed by atoms with Crippen LogP contribution in [0.4, 0.5) is 0 Å². The van der Waals surface area contributed by atoms with Crippen LogP contribution in [-0.2, 0) is 37.4 Å². The average Bonchev–Trinajstić information content (AvgIpc) is 3.44. The van der Waals surface area contributed by atoms with Gasteiger partial charge < -0.3 is 19.3 Å². The zero-order chi connectivity index (χ0) is 28.8. The molecule has 2 saturated heterocycles. The minimum Gasteiger partial charge on any atom is -0.392 e. The van der Waals surface area contributed by atoms with Crippen molar-refractivity contribution < 1.29 is 27.7 Å². The van der Waals surface area contributed by atoms with Crippen LogP contribution in [0.5, 0.6) is 0 Å². The van der Waals surface area contributed by atoms with Crippen LogP contribution in [0.1, 0.15) is 54.4 Å². The van der Waals surface area contributed by atoms with Gasteiger partial charge >= 0.3 is 0 Å². The smallest absolute Gasteiger partial charge is 0.240 e. The van der Waals surface area contributed by atoms with E-state index in [0.717, 1.165) is 48.2 Å². The van der Waals surface area contributed by atoms with E-state index in [1.165, 1.54) is 0 Å². The number of aliphatic hydroxyl groups excluding tert-OH is 1. The molecule has 2 fully saturated rings. The summed E-state index contributed by atoms with van der Waals surface area (Å²) in [4.78, 5) is 2.71. The number of nitrogens with zero attached hydrogens (tertiary/aromatic N) is 1. The van der Waals surface area contributed by atoms with Gasteiger partial charge in [-0.15, -0.1) is 0 Å². The largest absolute Gasteiger partial charge is 0.392 e. The fourth-order valence-electron chi connectivity index (χ4n) is 5.73. The molecular formula is C32H40N2O6S. The molecule has 5 unspecified atom stereocenters. The lowest BCUT2D eigenvalue weighted by Crippen LogP contribution is -2.46. The van der Waals surface area contributed by atoms with Crippen molar-refractivity contribution in [1.29, 1.82) is 0 Å². The van der Waals surface area contributed by atoms with Crippen molar-refractivity contribution in [2.45, 2.75) is 62.4 Å². The van der Waals surface area contributed by atoms with Crippen LogP contribution in [0.3, 0.4) is 0 Å². The monoisotopic (exact) mass is 580 g/mol. The van der Waals surface area contributed by atoms with E-state index in [-0.39, 0.29) is 36.2 Å². The maximum atomic E-state index is 12.6. The van der Waals surface area contributed by atoms with Gasteiger partial charge in [0.05, 0.1) is 30.3 Å². The second-order valence-corrected chi connectivity index (χ2v) is 12.7. The molecule has 2 N–H and O–H groups in total. The fraction of sp³-hybridized carbons (Fsp3) is 0.438. The predicted molar refractivity (Wildman–Crippen MR) is 156 cm³/mol. The number of ether oxygens (including phenoxy) is 3. The van der Waals surface area contributed by atoms with Crippen LogP contribution in [0.2, 0.25) is 0 Å². The van der Waals surface area contributed by atoms with E-state index >= 15 is 0 Å². The van der Waals surface area contributed by atoms with Crippen molar-refractivity contribution in [2.24, 2.45) is 5.92 Å². The molecule has 9 heteroatoms. The van der Waals surface area contributed by atoms with Gasteiger partial charge in [0.25, 0.3) is 0 Å². The molecule has 5 rings (SSSR count). The van der Waals surface area contributed by atoms with Crippen molar-refractivity contribution in [3.63, 3.8) is 0 Å². The van der Waals surface area contributed by atoms with Gasteiger partial charge in [0, 0.05) is 37.7 Å². The summed E-state index contributed by atoms with van der Waals surface area (Å²) >= 11 is 0. The molecule has 0 radical (unpaired) electrons. The van der Waals surface area contributed by atoms with Crippen molar-refractivity contribution in [1.82, 2.24) is 9.62 Å². The maximum absolute atomic E-state index is 12.6. The van der Waals surface area contributed by atoms with Crippen LogP contribution >= 0.6 is 0 Å². The Kier molecular flexibility index (Phi) is 9.87. The predicted octanol–water partition coefficient (Wildman–Crippen LogP) is 4.56. The molecule has 5 atom stereocenters. The molecule has 0 aliphatic carbocycles. The van der Waals surface area contributed by atoms with Crippen LogP contribution in [0, 0.1) is 5.92 Å². The van der Waals surface area contributed by atoms with E-state index in [9.17, 15) is 13.5 Å². The first-order valence-corrected chi connectivity index (χ1v) is 15.7. The first-order valence-electron chi connectivity index (χ1n) is 14.2. The minimum absolute atomic E-state index is 0.000574. The molecule has 3 aromatic carbocycles. The summed E-state index contributed by atoms with van der Waals surface area (Å²) < 4.78 is 46.6. The molecule has 2 heterocycles. The highest BCUT2D eigenvalue weighted by molar-refractivity contribution is 7.89. The molecule has 2 aliphatic rings. The number of nitrogens with one attached hydrogen (secondary N) is 1. The molecule has 0 bridgehead atoms.